The van der Waals surface area contributed by atoms with E-state index in [4.69, 9.17) is 0 Å². The fourth-order valence-electron chi connectivity index (χ4n) is 2.68. The van der Waals surface area contributed by atoms with Crippen molar-refractivity contribution in [3.63, 3.8) is 0 Å². The van der Waals surface area contributed by atoms with Gasteiger partial charge in [0.15, 0.2) is 0 Å². The fraction of sp³-hybridized carbons (Fsp3) is 0.150. The maximum Gasteiger partial charge on any atom is 0.319 e. The van der Waals surface area contributed by atoms with Gasteiger partial charge in [-0.15, -0.1) is 0 Å². The number of nitrogens with zero attached hydrogens (tertiary/aromatic N) is 1. The molecule has 3 aromatic rings. The van der Waals surface area contributed by atoms with Crippen LogP contribution in [0.5, 0.6) is 0 Å². The Kier molecular flexibility index (Phi) is 5.56. The van der Waals surface area contributed by atoms with Gasteiger partial charge in [0.25, 0.3) is 0 Å². The van der Waals surface area contributed by atoms with Crippen molar-refractivity contribution in [2.24, 2.45) is 0 Å². The number of aryl methyl sites for hydroxylation is 1. The number of aromatic nitrogens is 1. The van der Waals surface area contributed by atoms with Crippen LogP contribution >= 0.6 is 15.9 Å². The SMILES string of the molecule is Cc1cccc(Cn2cccc2CNC(=O)Nc2cccc(Br)c2)c1. The van der Waals surface area contributed by atoms with Crippen LogP contribution in [-0.4, -0.2) is 10.6 Å². The van der Waals surface area contributed by atoms with Gasteiger partial charge in [-0.3, -0.25) is 0 Å². The van der Waals surface area contributed by atoms with E-state index in [2.05, 4.69) is 62.3 Å². The molecule has 2 N–H and O–H groups in total. The van der Waals surface area contributed by atoms with Crippen LogP contribution in [0, 0.1) is 6.92 Å². The average molecular weight is 398 g/mol. The molecule has 5 heteroatoms. The number of urea groups is 1. The molecular weight excluding hydrogens is 378 g/mol. The van der Waals surface area contributed by atoms with Gasteiger partial charge in [-0.25, -0.2) is 4.79 Å². The smallest absolute Gasteiger partial charge is 0.319 e. The first kappa shape index (κ1) is 17.3. The summed E-state index contributed by atoms with van der Waals surface area (Å²) >= 11 is 3.39. The highest BCUT2D eigenvalue weighted by atomic mass is 79.9. The molecule has 0 saturated heterocycles. The van der Waals surface area contributed by atoms with E-state index >= 15 is 0 Å². The van der Waals surface area contributed by atoms with E-state index in [0.29, 0.717) is 6.54 Å². The van der Waals surface area contributed by atoms with E-state index in [0.717, 1.165) is 22.4 Å². The number of anilines is 1. The lowest BCUT2D eigenvalue weighted by atomic mass is 10.1. The third-order valence-corrected chi connectivity index (χ3v) is 4.36. The van der Waals surface area contributed by atoms with Gasteiger partial charge in [-0.1, -0.05) is 51.8 Å². The number of amides is 2. The summed E-state index contributed by atoms with van der Waals surface area (Å²) in [5.74, 6) is 0. The molecule has 0 saturated carbocycles. The van der Waals surface area contributed by atoms with Crippen molar-refractivity contribution >= 4 is 27.6 Å². The maximum absolute atomic E-state index is 12.1. The number of hydrogen-bond donors (Lipinski definition) is 2. The van der Waals surface area contributed by atoms with Gasteiger partial charge in [0.1, 0.15) is 0 Å². The standard InChI is InChI=1S/C20H20BrN3O/c1-15-5-2-6-16(11-15)14-24-10-4-9-19(24)13-22-20(25)23-18-8-3-7-17(21)12-18/h2-12H,13-14H2,1H3,(H2,22,23,25). The predicted molar refractivity (Wildman–Crippen MR) is 105 cm³/mol. The van der Waals surface area contributed by atoms with Crippen LogP contribution in [0.25, 0.3) is 0 Å². The molecule has 0 aliphatic carbocycles. The van der Waals surface area contributed by atoms with Gasteiger partial charge in [0, 0.05) is 28.6 Å². The first-order valence-electron chi connectivity index (χ1n) is 8.10. The Morgan fingerprint density at radius 2 is 1.92 bits per heavy atom. The summed E-state index contributed by atoms with van der Waals surface area (Å²) in [5.41, 5.74) is 4.31. The van der Waals surface area contributed by atoms with Gasteiger partial charge in [-0.2, -0.15) is 0 Å². The van der Waals surface area contributed by atoms with Gasteiger partial charge < -0.3 is 15.2 Å². The van der Waals surface area contributed by atoms with Crippen LogP contribution in [0.3, 0.4) is 0 Å². The number of carbonyl (C=O) groups excluding carboxylic acids is 1. The van der Waals surface area contributed by atoms with Crippen molar-refractivity contribution in [1.82, 2.24) is 9.88 Å². The Hall–Kier alpha value is -2.53. The summed E-state index contributed by atoms with van der Waals surface area (Å²) < 4.78 is 3.08. The summed E-state index contributed by atoms with van der Waals surface area (Å²) in [6, 6.07) is 19.8. The zero-order valence-electron chi connectivity index (χ0n) is 14.0. The summed E-state index contributed by atoms with van der Waals surface area (Å²) in [5, 5.41) is 5.74. The van der Waals surface area contributed by atoms with Gasteiger partial charge in [0.2, 0.25) is 0 Å². The molecule has 2 aromatic carbocycles. The number of nitrogens with one attached hydrogen (secondary N) is 2. The van der Waals surface area contributed by atoms with E-state index in [9.17, 15) is 4.79 Å². The Bertz CT molecular complexity index is 873. The van der Waals surface area contributed by atoms with Crippen molar-refractivity contribution in [3.05, 3.63) is 88.2 Å². The summed E-state index contributed by atoms with van der Waals surface area (Å²) in [4.78, 5) is 12.1. The molecule has 0 bridgehead atoms. The highest BCUT2D eigenvalue weighted by Crippen LogP contribution is 2.15. The van der Waals surface area contributed by atoms with Crippen molar-refractivity contribution in [3.8, 4) is 0 Å². The number of carbonyl (C=O) groups is 1. The fourth-order valence-corrected chi connectivity index (χ4v) is 3.08. The Morgan fingerprint density at radius 1 is 1.08 bits per heavy atom. The minimum Gasteiger partial charge on any atom is -0.345 e. The van der Waals surface area contributed by atoms with Gasteiger partial charge >= 0.3 is 6.03 Å². The van der Waals surface area contributed by atoms with Crippen molar-refractivity contribution < 1.29 is 4.79 Å². The molecule has 1 aromatic heterocycles. The predicted octanol–water partition coefficient (Wildman–Crippen LogP) is 4.93. The average Bonchev–Trinajstić information content (AvgIpc) is 3.00. The second-order valence-corrected chi connectivity index (χ2v) is 6.85. The molecule has 0 radical (unpaired) electrons. The van der Waals surface area contributed by atoms with Crippen LogP contribution in [0.4, 0.5) is 10.5 Å². The van der Waals surface area contributed by atoms with E-state index in [1.165, 1.54) is 11.1 Å². The molecule has 2 amide bonds. The van der Waals surface area contributed by atoms with Crippen molar-refractivity contribution in [2.45, 2.75) is 20.0 Å². The molecule has 128 valence electrons. The Labute approximate surface area is 156 Å². The van der Waals surface area contributed by atoms with Gasteiger partial charge in [0.05, 0.1) is 6.54 Å². The van der Waals surface area contributed by atoms with Crippen LogP contribution in [0.1, 0.15) is 16.8 Å². The minimum absolute atomic E-state index is 0.221. The highest BCUT2D eigenvalue weighted by molar-refractivity contribution is 9.10. The van der Waals surface area contributed by atoms with Crippen LogP contribution in [-0.2, 0) is 13.1 Å². The monoisotopic (exact) mass is 397 g/mol. The van der Waals surface area contributed by atoms with Crippen molar-refractivity contribution in [2.75, 3.05) is 5.32 Å². The number of rotatable bonds is 5. The quantitative estimate of drug-likeness (QED) is 0.629. The Balaban J connectivity index is 1.58. The van der Waals surface area contributed by atoms with Gasteiger partial charge in [-0.05, 0) is 42.8 Å². The van der Waals surface area contributed by atoms with Crippen LogP contribution in [0.15, 0.2) is 71.3 Å². The molecule has 0 fully saturated rings. The second-order valence-electron chi connectivity index (χ2n) is 5.93. The number of benzene rings is 2. The number of hydrogen-bond acceptors (Lipinski definition) is 1. The molecule has 0 spiro atoms. The zero-order valence-corrected chi connectivity index (χ0v) is 15.6. The molecule has 0 aliphatic rings. The zero-order chi connectivity index (χ0) is 17.6. The lowest BCUT2D eigenvalue weighted by molar-refractivity contribution is 0.251. The summed E-state index contributed by atoms with van der Waals surface area (Å²) in [7, 11) is 0. The summed E-state index contributed by atoms with van der Waals surface area (Å²) in [6.45, 7) is 3.35. The lowest BCUT2D eigenvalue weighted by Gasteiger charge is -2.12. The van der Waals surface area contributed by atoms with Crippen LogP contribution in [0.2, 0.25) is 0 Å². The molecule has 4 nitrogen and oxygen atoms in total. The number of halogens is 1. The molecule has 0 aliphatic heterocycles. The van der Waals surface area contributed by atoms with E-state index in [1.807, 2.05) is 42.6 Å². The third-order valence-electron chi connectivity index (χ3n) is 3.87. The minimum atomic E-state index is -0.221. The molecule has 1 heterocycles. The van der Waals surface area contributed by atoms with E-state index in [-0.39, 0.29) is 6.03 Å². The normalized spacial score (nSPS) is 10.5. The highest BCUT2D eigenvalue weighted by Gasteiger charge is 2.06. The van der Waals surface area contributed by atoms with E-state index < -0.39 is 0 Å². The molecular formula is C20H20BrN3O. The lowest BCUT2D eigenvalue weighted by Crippen LogP contribution is -2.29. The van der Waals surface area contributed by atoms with E-state index in [1.54, 1.807) is 0 Å². The Morgan fingerprint density at radius 3 is 2.72 bits per heavy atom. The largest absolute Gasteiger partial charge is 0.345 e. The maximum atomic E-state index is 12.1. The first-order valence-corrected chi connectivity index (χ1v) is 8.89. The molecule has 25 heavy (non-hydrogen) atoms. The van der Waals surface area contributed by atoms with Crippen molar-refractivity contribution in [1.29, 1.82) is 0 Å². The second kappa shape index (κ2) is 8.03. The molecule has 0 unspecified atom stereocenters. The third kappa shape index (κ3) is 4.97. The first-order chi connectivity index (χ1) is 12.1. The summed E-state index contributed by atoms with van der Waals surface area (Å²) in [6.07, 6.45) is 2.03. The van der Waals surface area contributed by atoms with Crippen LogP contribution < -0.4 is 10.6 Å². The molecule has 0 atom stereocenters. The topological polar surface area (TPSA) is 46.1 Å². The molecule has 3 rings (SSSR count).